The van der Waals surface area contributed by atoms with Gasteiger partial charge in [-0.1, -0.05) is 97.1 Å². The van der Waals surface area contributed by atoms with E-state index in [4.69, 9.17) is 0 Å². The van der Waals surface area contributed by atoms with Crippen LogP contribution >= 0.6 is 0 Å². The minimum atomic E-state index is 0.701. The molecule has 3 atom stereocenters. The van der Waals surface area contributed by atoms with Crippen molar-refractivity contribution < 1.29 is 0 Å². The molecule has 174 valence electrons. The van der Waals surface area contributed by atoms with Crippen LogP contribution in [-0.4, -0.2) is 12.6 Å². The maximum Gasteiger partial charge on any atom is 0.00985 e. The highest BCUT2D eigenvalue weighted by Crippen LogP contribution is 2.26. The van der Waals surface area contributed by atoms with Crippen LogP contribution in [0.2, 0.25) is 0 Å². The summed E-state index contributed by atoms with van der Waals surface area (Å²) in [5.74, 6) is 1.69. The van der Waals surface area contributed by atoms with Crippen molar-refractivity contribution >= 4 is 0 Å². The quantitative estimate of drug-likeness (QED) is 0.126. The van der Waals surface area contributed by atoms with Crippen LogP contribution in [0.5, 0.6) is 0 Å². The SMILES string of the molecule is C=C(CCCCC)CC(CCC)CCCCCCC[C@H](NCC)C1CC=C=CCC1. The van der Waals surface area contributed by atoms with Gasteiger partial charge in [0.1, 0.15) is 0 Å². The van der Waals surface area contributed by atoms with Crippen LogP contribution in [0.4, 0.5) is 0 Å². The standard InChI is InChI=1S/C29H53N/c1-5-8-14-20-26(4)25-27(19-6-2)21-15-10-9-11-18-24-29(30-7-3)28-22-16-12-13-17-23-28/h12,17,27-30H,4-11,14-16,18-25H2,1-3H3/t27?,28?,29-/m0/s1. The molecule has 1 N–H and O–H groups in total. The molecule has 0 spiro atoms. The second-order valence-corrected chi connectivity index (χ2v) is 9.72. The summed E-state index contributed by atoms with van der Waals surface area (Å²) in [4.78, 5) is 0. The largest absolute Gasteiger partial charge is 0.314 e. The zero-order valence-electron chi connectivity index (χ0n) is 20.8. The van der Waals surface area contributed by atoms with Crippen molar-refractivity contribution in [3.63, 3.8) is 0 Å². The zero-order chi connectivity index (χ0) is 21.9. The van der Waals surface area contributed by atoms with E-state index in [1.165, 1.54) is 115 Å². The Morgan fingerprint density at radius 2 is 1.70 bits per heavy atom. The molecule has 0 aliphatic heterocycles. The van der Waals surface area contributed by atoms with Gasteiger partial charge < -0.3 is 5.32 Å². The van der Waals surface area contributed by atoms with E-state index in [0.717, 1.165) is 18.4 Å². The maximum absolute atomic E-state index is 4.38. The number of unbranched alkanes of at least 4 members (excludes halogenated alkanes) is 6. The van der Waals surface area contributed by atoms with Gasteiger partial charge in [-0.15, -0.1) is 5.73 Å². The second kappa shape index (κ2) is 18.9. The predicted molar refractivity (Wildman–Crippen MR) is 136 cm³/mol. The van der Waals surface area contributed by atoms with Crippen molar-refractivity contribution in [2.75, 3.05) is 6.54 Å². The topological polar surface area (TPSA) is 12.0 Å². The van der Waals surface area contributed by atoms with Gasteiger partial charge >= 0.3 is 0 Å². The molecule has 1 aliphatic carbocycles. The Kier molecular flexibility index (Phi) is 17.2. The highest BCUT2D eigenvalue weighted by atomic mass is 14.9. The van der Waals surface area contributed by atoms with Crippen LogP contribution < -0.4 is 5.32 Å². The minimum absolute atomic E-state index is 0.701. The molecule has 1 heteroatoms. The molecular formula is C29H53N. The lowest BCUT2D eigenvalue weighted by Crippen LogP contribution is -2.36. The summed E-state index contributed by atoms with van der Waals surface area (Å²) in [5, 5.41) is 3.78. The Morgan fingerprint density at radius 1 is 0.933 bits per heavy atom. The fourth-order valence-electron chi connectivity index (χ4n) is 5.15. The Labute approximate surface area is 189 Å². The molecule has 0 saturated heterocycles. The molecule has 2 unspecified atom stereocenters. The molecule has 30 heavy (non-hydrogen) atoms. The predicted octanol–water partition coefficient (Wildman–Crippen LogP) is 9.15. The van der Waals surface area contributed by atoms with Crippen molar-refractivity contribution in [2.45, 2.75) is 136 Å². The first-order valence-corrected chi connectivity index (χ1v) is 13.5. The second-order valence-electron chi connectivity index (χ2n) is 9.72. The molecule has 0 radical (unpaired) electrons. The third kappa shape index (κ3) is 13.5. The third-order valence-electron chi connectivity index (χ3n) is 6.91. The first-order chi connectivity index (χ1) is 14.7. The Hall–Kier alpha value is -0.780. The Morgan fingerprint density at radius 3 is 2.43 bits per heavy atom. The van der Waals surface area contributed by atoms with Crippen LogP contribution in [0.15, 0.2) is 30.0 Å². The first-order valence-electron chi connectivity index (χ1n) is 13.5. The molecule has 0 aromatic heterocycles. The lowest BCUT2D eigenvalue weighted by Gasteiger charge is -2.26. The van der Waals surface area contributed by atoms with Crippen LogP contribution in [0, 0.1) is 11.8 Å². The fourth-order valence-corrected chi connectivity index (χ4v) is 5.15. The lowest BCUT2D eigenvalue weighted by atomic mass is 9.87. The van der Waals surface area contributed by atoms with Crippen LogP contribution in [0.3, 0.4) is 0 Å². The summed E-state index contributed by atoms with van der Waals surface area (Å²) < 4.78 is 0. The maximum atomic E-state index is 4.38. The third-order valence-corrected chi connectivity index (χ3v) is 6.91. The van der Waals surface area contributed by atoms with E-state index in [1.807, 2.05) is 0 Å². The van der Waals surface area contributed by atoms with Gasteiger partial charge in [-0.2, -0.15) is 0 Å². The molecule has 1 nitrogen and oxygen atoms in total. The van der Waals surface area contributed by atoms with Gasteiger partial charge in [0.15, 0.2) is 0 Å². The van der Waals surface area contributed by atoms with Crippen molar-refractivity contribution in [1.82, 2.24) is 5.32 Å². The fraction of sp³-hybridized carbons (Fsp3) is 0.828. The number of hydrogen-bond acceptors (Lipinski definition) is 1. The molecule has 0 bridgehead atoms. The number of allylic oxidation sites excluding steroid dienone is 2. The summed E-state index contributed by atoms with van der Waals surface area (Å²) in [5.41, 5.74) is 4.84. The van der Waals surface area contributed by atoms with Crippen molar-refractivity contribution in [2.24, 2.45) is 11.8 Å². The molecular weight excluding hydrogens is 362 g/mol. The smallest absolute Gasteiger partial charge is 0.00985 e. The van der Waals surface area contributed by atoms with E-state index in [2.05, 4.69) is 50.6 Å². The van der Waals surface area contributed by atoms with Crippen LogP contribution in [0.1, 0.15) is 130 Å². The van der Waals surface area contributed by atoms with Gasteiger partial charge in [0.2, 0.25) is 0 Å². The minimum Gasteiger partial charge on any atom is -0.314 e. The molecule has 1 rings (SSSR count). The van der Waals surface area contributed by atoms with Gasteiger partial charge in [-0.3, -0.25) is 0 Å². The van der Waals surface area contributed by atoms with Gasteiger partial charge in [-0.25, -0.2) is 0 Å². The summed E-state index contributed by atoms with van der Waals surface area (Å²) in [6.07, 6.45) is 27.3. The Balaban J connectivity index is 2.16. The molecule has 0 aromatic rings. The normalized spacial score (nSPS) is 18.3. The number of rotatable bonds is 19. The average Bonchev–Trinajstić information content (AvgIpc) is 3.02. The van der Waals surface area contributed by atoms with E-state index >= 15 is 0 Å². The van der Waals surface area contributed by atoms with Gasteiger partial charge in [0.05, 0.1) is 0 Å². The Bertz CT molecular complexity index is 471. The lowest BCUT2D eigenvalue weighted by molar-refractivity contribution is 0.317. The average molecular weight is 416 g/mol. The summed E-state index contributed by atoms with van der Waals surface area (Å²) >= 11 is 0. The number of nitrogens with one attached hydrogen (secondary N) is 1. The van der Waals surface area contributed by atoms with Crippen molar-refractivity contribution in [3.8, 4) is 0 Å². The summed E-state index contributed by atoms with van der Waals surface area (Å²) in [6, 6.07) is 0.701. The summed E-state index contributed by atoms with van der Waals surface area (Å²) in [6.45, 7) is 12.4. The van der Waals surface area contributed by atoms with E-state index in [9.17, 15) is 0 Å². The number of hydrogen-bond donors (Lipinski definition) is 1. The first kappa shape index (κ1) is 27.3. The highest BCUT2D eigenvalue weighted by Gasteiger charge is 2.19. The molecule has 1 aliphatic rings. The molecule has 0 aromatic carbocycles. The van der Waals surface area contributed by atoms with Gasteiger partial charge in [0, 0.05) is 6.04 Å². The van der Waals surface area contributed by atoms with Crippen molar-refractivity contribution in [3.05, 3.63) is 30.0 Å². The highest BCUT2D eigenvalue weighted by molar-refractivity contribution is 4.96. The molecule has 0 fully saturated rings. The van der Waals surface area contributed by atoms with E-state index < -0.39 is 0 Å². The van der Waals surface area contributed by atoms with E-state index in [0.29, 0.717) is 6.04 Å². The molecule has 0 amide bonds. The zero-order valence-corrected chi connectivity index (χ0v) is 20.8. The van der Waals surface area contributed by atoms with Crippen LogP contribution in [0.25, 0.3) is 0 Å². The van der Waals surface area contributed by atoms with Crippen molar-refractivity contribution in [1.29, 1.82) is 0 Å². The molecule has 0 heterocycles. The summed E-state index contributed by atoms with van der Waals surface area (Å²) in [7, 11) is 0. The van der Waals surface area contributed by atoms with Gasteiger partial charge in [0.25, 0.3) is 0 Å². The monoisotopic (exact) mass is 415 g/mol. The van der Waals surface area contributed by atoms with E-state index in [1.54, 1.807) is 0 Å². The van der Waals surface area contributed by atoms with Crippen LogP contribution in [-0.2, 0) is 0 Å². The van der Waals surface area contributed by atoms with Gasteiger partial charge in [-0.05, 0) is 75.5 Å². The molecule has 0 saturated carbocycles. The van der Waals surface area contributed by atoms with E-state index in [-0.39, 0.29) is 0 Å².